The Morgan fingerprint density at radius 1 is 1.77 bits per heavy atom. The van der Waals surface area contributed by atoms with Gasteiger partial charge in [0.05, 0.1) is 13.0 Å². The number of hydrogen-bond donors (Lipinski definition) is 2. The molecule has 1 amide bonds. The Bertz CT molecular complexity index is 217. The molecule has 5 heteroatoms. The molecule has 0 bridgehead atoms. The second kappa shape index (κ2) is 4.23. The topological polar surface area (TPSA) is 69.6 Å². The summed E-state index contributed by atoms with van der Waals surface area (Å²) in [5.41, 5.74) is 0. The van der Waals surface area contributed by atoms with E-state index >= 15 is 0 Å². The molecule has 1 rings (SSSR count). The van der Waals surface area contributed by atoms with Crippen LogP contribution in [-0.4, -0.2) is 47.6 Å². The first-order valence-electron chi connectivity index (χ1n) is 4.31. The summed E-state index contributed by atoms with van der Waals surface area (Å²) in [6, 6.07) is 0.120. The summed E-state index contributed by atoms with van der Waals surface area (Å²) < 4.78 is 0. The molecule has 1 fully saturated rings. The molecule has 0 spiro atoms. The minimum absolute atomic E-state index is 0.0239. The Kier molecular flexibility index (Phi) is 3.25. The maximum Gasteiger partial charge on any atom is 0.304 e. The molecule has 2 N–H and O–H groups in total. The number of carboxylic acids is 1. The van der Waals surface area contributed by atoms with Crippen molar-refractivity contribution in [1.29, 1.82) is 0 Å². The lowest BCUT2D eigenvalue weighted by molar-refractivity contribution is -0.138. The van der Waals surface area contributed by atoms with Crippen LogP contribution in [0.4, 0.5) is 0 Å². The highest BCUT2D eigenvalue weighted by atomic mass is 16.4. The van der Waals surface area contributed by atoms with Gasteiger partial charge in [0.2, 0.25) is 5.91 Å². The van der Waals surface area contributed by atoms with Gasteiger partial charge in [0.1, 0.15) is 0 Å². The lowest BCUT2D eigenvalue weighted by atomic mass is 10.2. The van der Waals surface area contributed by atoms with E-state index in [2.05, 4.69) is 5.32 Å². The highest BCUT2D eigenvalue weighted by Gasteiger charge is 2.21. The fraction of sp³-hybridized carbons (Fsp3) is 0.750. The van der Waals surface area contributed by atoms with Gasteiger partial charge < -0.3 is 10.4 Å². The summed E-state index contributed by atoms with van der Waals surface area (Å²) in [5.74, 6) is -0.845. The molecule has 1 aliphatic rings. The molecule has 0 aliphatic carbocycles. The molecular formula is C8H14N2O3. The molecule has 5 nitrogen and oxygen atoms in total. The van der Waals surface area contributed by atoms with E-state index in [0.717, 1.165) is 6.54 Å². The van der Waals surface area contributed by atoms with Crippen LogP contribution >= 0.6 is 0 Å². The number of nitrogens with zero attached hydrogens (tertiary/aromatic N) is 1. The van der Waals surface area contributed by atoms with Crippen LogP contribution in [-0.2, 0) is 9.59 Å². The predicted molar refractivity (Wildman–Crippen MR) is 46.3 cm³/mol. The Labute approximate surface area is 76.7 Å². The van der Waals surface area contributed by atoms with Crippen molar-refractivity contribution in [1.82, 2.24) is 10.2 Å². The van der Waals surface area contributed by atoms with E-state index in [1.165, 1.54) is 0 Å². The van der Waals surface area contributed by atoms with Gasteiger partial charge >= 0.3 is 5.97 Å². The Morgan fingerprint density at radius 2 is 2.46 bits per heavy atom. The third-order valence-corrected chi connectivity index (χ3v) is 1.95. The van der Waals surface area contributed by atoms with E-state index in [1.807, 2.05) is 11.8 Å². The molecule has 13 heavy (non-hydrogen) atoms. The number of aliphatic carboxylic acids is 1. The van der Waals surface area contributed by atoms with E-state index in [0.29, 0.717) is 13.1 Å². The van der Waals surface area contributed by atoms with Crippen LogP contribution in [0.2, 0.25) is 0 Å². The van der Waals surface area contributed by atoms with Crippen molar-refractivity contribution >= 4 is 11.9 Å². The molecule has 0 radical (unpaired) electrons. The number of amides is 1. The second-order valence-electron chi connectivity index (χ2n) is 3.35. The molecule has 0 aromatic rings. The molecular weight excluding hydrogens is 172 g/mol. The average Bonchev–Trinajstić information content (AvgIpc) is 1.99. The van der Waals surface area contributed by atoms with Gasteiger partial charge in [-0.05, 0) is 6.92 Å². The molecule has 0 aromatic carbocycles. The van der Waals surface area contributed by atoms with Crippen LogP contribution in [0.5, 0.6) is 0 Å². The third kappa shape index (κ3) is 3.42. The van der Waals surface area contributed by atoms with Crippen molar-refractivity contribution in [2.75, 3.05) is 19.6 Å². The summed E-state index contributed by atoms with van der Waals surface area (Å²) in [5, 5.41) is 11.2. The highest BCUT2D eigenvalue weighted by molar-refractivity contribution is 5.79. The number of piperazine rings is 1. The smallest absolute Gasteiger partial charge is 0.304 e. The number of hydrogen-bond acceptors (Lipinski definition) is 3. The SMILES string of the molecule is CC1CN(CCC(=O)O)CC(=O)N1. The number of carbonyl (C=O) groups excluding carboxylic acids is 1. The molecule has 1 aliphatic heterocycles. The van der Waals surface area contributed by atoms with Crippen molar-refractivity contribution in [3.8, 4) is 0 Å². The van der Waals surface area contributed by atoms with Crippen molar-refractivity contribution in [2.45, 2.75) is 19.4 Å². The zero-order valence-electron chi connectivity index (χ0n) is 7.62. The van der Waals surface area contributed by atoms with E-state index in [-0.39, 0.29) is 18.4 Å². The van der Waals surface area contributed by atoms with Crippen molar-refractivity contribution in [3.05, 3.63) is 0 Å². The first-order chi connectivity index (χ1) is 6.08. The van der Waals surface area contributed by atoms with Crippen LogP contribution in [0, 0.1) is 0 Å². The van der Waals surface area contributed by atoms with E-state index in [1.54, 1.807) is 0 Å². The van der Waals surface area contributed by atoms with Gasteiger partial charge in [-0.25, -0.2) is 0 Å². The Balaban J connectivity index is 2.33. The van der Waals surface area contributed by atoms with Gasteiger partial charge in [0, 0.05) is 19.1 Å². The summed E-state index contributed by atoms with van der Waals surface area (Å²) in [6.45, 7) is 3.41. The van der Waals surface area contributed by atoms with Crippen LogP contribution < -0.4 is 5.32 Å². The summed E-state index contributed by atoms with van der Waals surface area (Å²) in [7, 11) is 0. The lowest BCUT2D eigenvalue weighted by Gasteiger charge is -2.30. The maximum atomic E-state index is 11.0. The number of rotatable bonds is 3. The average molecular weight is 186 g/mol. The van der Waals surface area contributed by atoms with Crippen molar-refractivity contribution in [2.24, 2.45) is 0 Å². The monoisotopic (exact) mass is 186 g/mol. The fourth-order valence-corrected chi connectivity index (χ4v) is 1.45. The van der Waals surface area contributed by atoms with Gasteiger partial charge in [-0.15, -0.1) is 0 Å². The van der Waals surface area contributed by atoms with Crippen LogP contribution in [0.3, 0.4) is 0 Å². The molecule has 74 valence electrons. The first-order valence-corrected chi connectivity index (χ1v) is 4.31. The van der Waals surface area contributed by atoms with Crippen LogP contribution in [0.1, 0.15) is 13.3 Å². The fourth-order valence-electron chi connectivity index (χ4n) is 1.45. The third-order valence-electron chi connectivity index (χ3n) is 1.95. The maximum absolute atomic E-state index is 11.0. The largest absolute Gasteiger partial charge is 0.481 e. The second-order valence-corrected chi connectivity index (χ2v) is 3.35. The van der Waals surface area contributed by atoms with Crippen LogP contribution in [0.15, 0.2) is 0 Å². The zero-order valence-corrected chi connectivity index (χ0v) is 7.62. The number of carbonyl (C=O) groups is 2. The summed E-state index contributed by atoms with van der Waals surface area (Å²) >= 11 is 0. The van der Waals surface area contributed by atoms with Gasteiger partial charge in [0.15, 0.2) is 0 Å². The summed E-state index contributed by atoms with van der Waals surface area (Å²) in [6.07, 6.45) is 0.0972. The van der Waals surface area contributed by atoms with Gasteiger partial charge in [0.25, 0.3) is 0 Å². The summed E-state index contributed by atoms with van der Waals surface area (Å²) in [4.78, 5) is 23.2. The first kappa shape index (κ1) is 9.98. The molecule has 1 heterocycles. The van der Waals surface area contributed by atoms with E-state index in [4.69, 9.17) is 5.11 Å². The van der Waals surface area contributed by atoms with Gasteiger partial charge in [-0.2, -0.15) is 0 Å². The van der Waals surface area contributed by atoms with Crippen LogP contribution in [0.25, 0.3) is 0 Å². The Hall–Kier alpha value is -1.10. The Morgan fingerprint density at radius 3 is 3.00 bits per heavy atom. The standard InChI is InChI=1S/C8H14N2O3/c1-6-4-10(3-2-8(12)13)5-7(11)9-6/h6H,2-5H2,1H3,(H,9,11)(H,12,13). The zero-order chi connectivity index (χ0) is 9.84. The van der Waals surface area contributed by atoms with Gasteiger partial charge in [-0.1, -0.05) is 0 Å². The minimum atomic E-state index is -0.821. The van der Waals surface area contributed by atoms with Crippen molar-refractivity contribution < 1.29 is 14.7 Å². The minimum Gasteiger partial charge on any atom is -0.481 e. The molecule has 1 unspecified atom stereocenters. The molecule has 0 saturated carbocycles. The van der Waals surface area contributed by atoms with E-state index in [9.17, 15) is 9.59 Å². The number of nitrogens with one attached hydrogen (secondary N) is 1. The predicted octanol–water partition coefficient (Wildman–Crippen LogP) is -0.719. The molecule has 1 saturated heterocycles. The molecule has 1 atom stereocenters. The van der Waals surface area contributed by atoms with Gasteiger partial charge in [-0.3, -0.25) is 14.5 Å². The molecule has 0 aromatic heterocycles. The van der Waals surface area contributed by atoms with E-state index < -0.39 is 5.97 Å². The quantitative estimate of drug-likeness (QED) is 0.610. The normalized spacial score (nSPS) is 24.1. The van der Waals surface area contributed by atoms with Crippen molar-refractivity contribution in [3.63, 3.8) is 0 Å². The highest BCUT2D eigenvalue weighted by Crippen LogP contribution is 2.00. The lowest BCUT2D eigenvalue weighted by Crippen LogP contribution is -2.53. The number of carboxylic acid groups (broad SMARTS) is 1.